The molecule has 0 saturated carbocycles. The van der Waals surface area contributed by atoms with Crippen molar-refractivity contribution in [1.29, 1.82) is 0 Å². The van der Waals surface area contributed by atoms with Crippen LogP contribution in [0.25, 0.3) is 10.9 Å². The maximum absolute atomic E-state index is 12.8. The van der Waals surface area contributed by atoms with Gasteiger partial charge in [-0.15, -0.1) is 11.3 Å². The van der Waals surface area contributed by atoms with Crippen LogP contribution in [-0.4, -0.2) is 27.3 Å². The minimum absolute atomic E-state index is 0.0387. The zero-order chi connectivity index (χ0) is 18.0. The van der Waals surface area contributed by atoms with Crippen molar-refractivity contribution in [2.24, 2.45) is 0 Å². The first kappa shape index (κ1) is 17.6. The predicted octanol–water partition coefficient (Wildman–Crippen LogP) is 4.00. The van der Waals surface area contributed by atoms with Crippen LogP contribution < -0.4 is 5.56 Å². The van der Waals surface area contributed by atoms with Gasteiger partial charge in [0.25, 0.3) is 11.5 Å². The van der Waals surface area contributed by atoms with Gasteiger partial charge in [0.05, 0.1) is 22.3 Å². The summed E-state index contributed by atoms with van der Waals surface area (Å²) in [5.41, 5.74) is 1.26. The highest BCUT2D eigenvalue weighted by Gasteiger charge is 2.19. The molecule has 3 rings (SSSR count). The molecule has 0 atom stereocenters. The van der Waals surface area contributed by atoms with Crippen molar-refractivity contribution in [3.8, 4) is 0 Å². The molecule has 3 aromatic rings. The number of hydrogen-bond donors (Lipinski definition) is 1. The molecule has 0 bridgehead atoms. The minimum Gasteiger partial charge on any atom is -0.330 e. The zero-order valence-electron chi connectivity index (χ0n) is 14.0. The number of nitrogens with zero attached hydrogens (tertiary/aromatic N) is 2. The van der Waals surface area contributed by atoms with Crippen molar-refractivity contribution in [1.82, 2.24) is 14.9 Å². The van der Waals surface area contributed by atoms with E-state index in [2.05, 4.69) is 9.97 Å². The molecule has 0 saturated heterocycles. The quantitative estimate of drug-likeness (QED) is 0.733. The lowest BCUT2D eigenvalue weighted by molar-refractivity contribution is 0.0743. The Morgan fingerprint density at radius 3 is 2.84 bits per heavy atom. The van der Waals surface area contributed by atoms with Crippen LogP contribution in [0.2, 0.25) is 5.02 Å². The maximum atomic E-state index is 12.8. The molecule has 0 aliphatic heterocycles. The Balaban J connectivity index is 1.95. The second kappa shape index (κ2) is 7.37. The number of aryl methyl sites for hydroxylation is 1. The van der Waals surface area contributed by atoms with Crippen LogP contribution in [0.3, 0.4) is 0 Å². The molecular formula is C18H18ClN3O2S. The fourth-order valence-electron chi connectivity index (χ4n) is 2.67. The van der Waals surface area contributed by atoms with E-state index >= 15 is 0 Å². The molecule has 1 amide bonds. The van der Waals surface area contributed by atoms with Crippen molar-refractivity contribution in [2.45, 2.75) is 26.8 Å². The predicted molar refractivity (Wildman–Crippen MR) is 101 cm³/mol. The molecule has 0 spiro atoms. The molecule has 5 nitrogen and oxygen atoms in total. The van der Waals surface area contributed by atoms with E-state index in [0.717, 1.165) is 16.9 Å². The molecule has 0 fully saturated rings. The molecular weight excluding hydrogens is 358 g/mol. The number of benzene rings is 1. The highest BCUT2D eigenvalue weighted by Crippen LogP contribution is 2.20. The number of rotatable bonds is 5. The topological polar surface area (TPSA) is 66.1 Å². The van der Waals surface area contributed by atoms with Gasteiger partial charge in [0, 0.05) is 11.6 Å². The van der Waals surface area contributed by atoms with E-state index in [9.17, 15) is 9.59 Å². The summed E-state index contributed by atoms with van der Waals surface area (Å²) in [7, 11) is 0. The molecule has 1 aromatic carbocycles. The van der Waals surface area contributed by atoms with E-state index in [-0.39, 0.29) is 18.0 Å². The summed E-state index contributed by atoms with van der Waals surface area (Å²) in [5, 5.41) is 2.91. The summed E-state index contributed by atoms with van der Waals surface area (Å²) in [4.78, 5) is 34.8. The standard InChI is InChI=1S/C18H18ClN3O2S/c1-3-7-22(18(24)16-11(2)6-8-25-16)10-15-20-14-9-12(19)4-5-13(14)17(23)21-15/h4-6,8-9H,3,7,10H2,1-2H3,(H,20,21,23). The van der Waals surface area contributed by atoms with Gasteiger partial charge in [0.1, 0.15) is 5.82 Å². The summed E-state index contributed by atoms with van der Waals surface area (Å²) >= 11 is 7.43. The summed E-state index contributed by atoms with van der Waals surface area (Å²) < 4.78 is 0. The summed E-state index contributed by atoms with van der Waals surface area (Å²) in [6.45, 7) is 4.78. The second-order valence-corrected chi connectivity index (χ2v) is 7.19. The van der Waals surface area contributed by atoms with Gasteiger partial charge in [-0.25, -0.2) is 4.98 Å². The Labute approximate surface area is 154 Å². The Bertz CT molecular complexity index is 980. The van der Waals surface area contributed by atoms with Crippen LogP contribution in [-0.2, 0) is 6.54 Å². The molecule has 2 aromatic heterocycles. The Morgan fingerprint density at radius 2 is 2.16 bits per heavy atom. The highest BCUT2D eigenvalue weighted by molar-refractivity contribution is 7.12. The van der Waals surface area contributed by atoms with Gasteiger partial charge >= 0.3 is 0 Å². The van der Waals surface area contributed by atoms with E-state index in [1.165, 1.54) is 11.3 Å². The third kappa shape index (κ3) is 3.75. The zero-order valence-corrected chi connectivity index (χ0v) is 15.6. The third-order valence-corrected chi connectivity index (χ3v) is 5.13. The van der Waals surface area contributed by atoms with E-state index in [4.69, 9.17) is 11.6 Å². The molecule has 0 unspecified atom stereocenters. The molecule has 130 valence electrons. The number of H-pyrrole nitrogens is 1. The van der Waals surface area contributed by atoms with Gasteiger partial charge < -0.3 is 9.88 Å². The van der Waals surface area contributed by atoms with Crippen LogP contribution in [0.1, 0.15) is 34.4 Å². The SMILES string of the molecule is CCCN(Cc1nc2cc(Cl)ccc2c(=O)[nH]1)C(=O)c1sccc1C. The number of aromatic nitrogens is 2. The Hall–Kier alpha value is -2.18. The lowest BCUT2D eigenvalue weighted by Gasteiger charge is -2.21. The number of carbonyl (C=O) groups is 1. The Kier molecular flexibility index (Phi) is 5.20. The van der Waals surface area contributed by atoms with Crippen molar-refractivity contribution < 1.29 is 4.79 Å². The fraction of sp³-hybridized carbons (Fsp3) is 0.278. The van der Waals surface area contributed by atoms with Crippen molar-refractivity contribution >= 4 is 39.7 Å². The maximum Gasteiger partial charge on any atom is 0.264 e. The number of amides is 1. The average Bonchev–Trinajstić information content (AvgIpc) is 2.99. The molecule has 0 radical (unpaired) electrons. The second-order valence-electron chi connectivity index (χ2n) is 5.83. The van der Waals surface area contributed by atoms with E-state index in [1.807, 2.05) is 25.3 Å². The number of halogens is 1. The van der Waals surface area contributed by atoms with E-state index in [0.29, 0.717) is 28.3 Å². The van der Waals surface area contributed by atoms with Crippen molar-refractivity contribution in [3.63, 3.8) is 0 Å². The number of thiophene rings is 1. The highest BCUT2D eigenvalue weighted by atomic mass is 35.5. The van der Waals surface area contributed by atoms with E-state index < -0.39 is 0 Å². The summed E-state index contributed by atoms with van der Waals surface area (Å²) in [6.07, 6.45) is 0.819. The third-order valence-electron chi connectivity index (χ3n) is 3.90. The number of aromatic amines is 1. The van der Waals surface area contributed by atoms with Crippen LogP contribution in [0.4, 0.5) is 0 Å². The van der Waals surface area contributed by atoms with Crippen LogP contribution in [0.15, 0.2) is 34.4 Å². The Morgan fingerprint density at radius 1 is 1.36 bits per heavy atom. The van der Waals surface area contributed by atoms with Gasteiger partial charge in [-0.3, -0.25) is 9.59 Å². The summed E-state index contributed by atoms with van der Waals surface area (Å²) in [6, 6.07) is 6.90. The summed E-state index contributed by atoms with van der Waals surface area (Å²) in [5.74, 6) is 0.416. The first-order valence-electron chi connectivity index (χ1n) is 8.01. The van der Waals surface area contributed by atoms with Crippen LogP contribution in [0.5, 0.6) is 0 Å². The first-order chi connectivity index (χ1) is 12.0. The van der Waals surface area contributed by atoms with Crippen molar-refractivity contribution in [2.75, 3.05) is 6.54 Å². The number of nitrogens with one attached hydrogen (secondary N) is 1. The average molecular weight is 376 g/mol. The number of carbonyl (C=O) groups excluding carboxylic acids is 1. The van der Waals surface area contributed by atoms with Gasteiger partial charge in [-0.2, -0.15) is 0 Å². The molecule has 1 N–H and O–H groups in total. The number of hydrogen-bond acceptors (Lipinski definition) is 4. The molecule has 7 heteroatoms. The van der Waals surface area contributed by atoms with Crippen LogP contribution >= 0.6 is 22.9 Å². The monoisotopic (exact) mass is 375 g/mol. The first-order valence-corrected chi connectivity index (χ1v) is 9.27. The van der Waals surface area contributed by atoms with Gasteiger partial charge in [-0.1, -0.05) is 18.5 Å². The van der Waals surface area contributed by atoms with Gasteiger partial charge in [-0.05, 0) is 48.6 Å². The van der Waals surface area contributed by atoms with Gasteiger partial charge in [0.15, 0.2) is 0 Å². The minimum atomic E-state index is -0.229. The lowest BCUT2D eigenvalue weighted by Crippen LogP contribution is -2.32. The van der Waals surface area contributed by atoms with E-state index in [1.54, 1.807) is 23.1 Å². The lowest BCUT2D eigenvalue weighted by atomic mass is 10.2. The molecule has 0 aliphatic rings. The normalized spacial score (nSPS) is 11.0. The number of fused-ring (bicyclic) bond motifs is 1. The molecule has 25 heavy (non-hydrogen) atoms. The molecule has 0 aliphatic carbocycles. The smallest absolute Gasteiger partial charge is 0.264 e. The van der Waals surface area contributed by atoms with Crippen LogP contribution in [0, 0.1) is 6.92 Å². The molecule has 2 heterocycles. The fourth-order valence-corrected chi connectivity index (χ4v) is 3.73. The largest absolute Gasteiger partial charge is 0.330 e. The van der Waals surface area contributed by atoms with Crippen molar-refractivity contribution in [3.05, 3.63) is 61.3 Å². The van der Waals surface area contributed by atoms with Gasteiger partial charge in [0.2, 0.25) is 0 Å².